The first-order chi connectivity index (χ1) is 10.1. The summed E-state index contributed by atoms with van der Waals surface area (Å²) in [6.07, 6.45) is 1.29. The lowest BCUT2D eigenvalue weighted by Gasteiger charge is -2.38. The molecule has 6 nitrogen and oxygen atoms in total. The number of amides is 1. The van der Waals surface area contributed by atoms with Crippen LogP contribution in [0.1, 0.15) is 23.2 Å². The van der Waals surface area contributed by atoms with Crippen LogP contribution in [0.15, 0.2) is 24.3 Å². The molecule has 1 N–H and O–H groups in total. The van der Waals surface area contributed by atoms with E-state index in [2.05, 4.69) is 0 Å². The maximum absolute atomic E-state index is 12.5. The summed E-state index contributed by atoms with van der Waals surface area (Å²) in [6, 6.07) is 6.99. The van der Waals surface area contributed by atoms with Crippen molar-refractivity contribution in [3.63, 3.8) is 0 Å². The second-order valence-electron chi connectivity index (χ2n) is 5.45. The van der Waals surface area contributed by atoms with Gasteiger partial charge in [-0.1, -0.05) is 12.1 Å². The fourth-order valence-electron chi connectivity index (χ4n) is 2.88. The molecular weight excluding hydrogens is 274 g/mol. The van der Waals surface area contributed by atoms with Crippen LogP contribution in [-0.4, -0.2) is 53.8 Å². The molecule has 1 spiro atoms. The molecule has 3 rings (SSSR count). The maximum atomic E-state index is 12.5. The van der Waals surface area contributed by atoms with Gasteiger partial charge in [-0.3, -0.25) is 9.59 Å². The number of carbonyl (C=O) groups is 2. The Bertz CT molecular complexity index is 565. The number of hydrogen-bond acceptors (Lipinski definition) is 4. The van der Waals surface area contributed by atoms with Crippen LogP contribution >= 0.6 is 0 Å². The van der Waals surface area contributed by atoms with Gasteiger partial charge in [0.1, 0.15) is 17.9 Å². The van der Waals surface area contributed by atoms with Crippen LogP contribution in [0, 0.1) is 0 Å². The second-order valence-corrected chi connectivity index (χ2v) is 5.45. The number of hydrogen-bond donors (Lipinski definition) is 1. The van der Waals surface area contributed by atoms with E-state index in [1.165, 1.54) is 4.90 Å². The van der Waals surface area contributed by atoms with Crippen molar-refractivity contribution in [2.75, 3.05) is 26.3 Å². The summed E-state index contributed by atoms with van der Waals surface area (Å²) in [4.78, 5) is 25.0. The van der Waals surface area contributed by atoms with Gasteiger partial charge in [0.15, 0.2) is 0 Å². The van der Waals surface area contributed by atoms with Gasteiger partial charge in [-0.2, -0.15) is 0 Å². The zero-order valence-corrected chi connectivity index (χ0v) is 11.6. The van der Waals surface area contributed by atoms with Gasteiger partial charge < -0.3 is 19.5 Å². The first-order valence-electron chi connectivity index (χ1n) is 6.97. The molecule has 2 aliphatic rings. The largest absolute Gasteiger partial charge is 0.484 e. The molecule has 1 amide bonds. The van der Waals surface area contributed by atoms with Crippen molar-refractivity contribution in [1.82, 2.24) is 4.90 Å². The zero-order valence-electron chi connectivity index (χ0n) is 11.6. The predicted octanol–water partition coefficient (Wildman–Crippen LogP) is 1.15. The van der Waals surface area contributed by atoms with Crippen molar-refractivity contribution in [3.05, 3.63) is 29.8 Å². The number of carbonyl (C=O) groups excluding carboxylic acids is 1. The molecule has 0 aromatic heterocycles. The molecule has 1 aromatic carbocycles. The Hall–Kier alpha value is -2.08. The van der Waals surface area contributed by atoms with E-state index < -0.39 is 11.6 Å². The second kappa shape index (κ2) is 5.37. The normalized spacial score (nSPS) is 20.6. The maximum Gasteiger partial charge on any atom is 0.323 e. The minimum Gasteiger partial charge on any atom is -0.484 e. The number of rotatable bonds is 2. The van der Waals surface area contributed by atoms with E-state index >= 15 is 0 Å². The van der Waals surface area contributed by atoms with Crippen LogP contribution in [-0.2, 0) is 9.53 Å². The number of carboxylic acids is 1. The van der Waals surface area contributed by atoms with Gasteiger partial charge in [0, 0.05) is 12.8 Å². The lowest BCUT2D eigenvalue weighted by atomic mass is 9.93. The standard InChI is InChI=1S/C15H17NO5/c17-13(18)9-16-10-15(5-7-20-8-6-15)21-12-4-2-1-3-11(12)14(16)19/h1-4H,5-10H2,(H,17,18). The average molecular weight is 291 g/mol. The summed E-state index contributed by atoms with van der Waals surface area (Å²) >= 11 is 0. The van der Waals surface area contributed by atoms with E-state index in [4.69, 9.17) is 14.6 Å². The molecule has 1 saturated heterocycles. The number of para-hydroxylation sites is 1. The molecule has 112 valence electrons. The Kier molecular flexibility index (Phi) is 3.55. The van der Waals surface area contributed by atoms with Crippen molar-refractivity contribution in [2.45, 2.75) is 18.4 Å². The molecule has 0 aliphatic carbocycles. The quantitative estimate of drug-likeness (QED) is 0.884. The van der Waals surface area contributed by atoms with E-state index in [0.29, 0.717) is 37.4 Å². The SMILES string of the molecule is O=C(O)CN1CC2(CCOCC2)Oc2ccccc2C1=O. The average Bonchev–Trinajstić information content (AvgIpc) is 2.56. The van der Waals surface area contributed by atoms with Gasteiger partial charge in [0.25, 0.3) is 5.91 Å². The van der Waals surface area contributed by atoms with Gasteiger partial charge in [0.2, 0.25) is 0 Å². The summed E-state index contributed by atoms with van der Waals surface area (Å²) in [5.41, 5.74) is -0.141. The number of benzene rings is 1. The Balaban J connectivity index is 2.00. The lowest BCUT2D eigenvalue weighted by Crippen LogP contribution is -2.51. The summed E-state index contributed by atoms with van der Waals surface area (Å²) in [7, 11) is 0. The monoisotopic (exact) mass is 291 g/mol. The van der Waals surface area contributed by atoms with E-state index in [0.717, 1.165) is 0 Å². The third kappa shape index (κ3) is 2.71. The Morgan fingerprint density at radius 1 is 1.29 bits per heavy atom. The molecule has 0 bridgehead atoms. The topological polar surface area (TPSA) is 76.1 Å². The summed E-state index contributed by atoms with van der Waals surface area (Å²) in [5.74, 6) is -0.793. The third-order valence-corrected chi connectivity index (χ3v) is 3.94. The Morgan fingerprint density at radius 2 is 2.00 bits per heavy atom. The summed E-state index contributed by atoms with van der Waals surface area (Å²) < 4.78 is 11.5. The minimum atomic E-state index is -1.02. The highest BCUT2D eigenvalue weighted by molar-refractivity contribution is 5.98. The molecule has 0 unspecified atom stereocenters. The Labute approximate surface area is 122 Å². The number of nitrogens with zero attached hydrogens (tertiary/aromatic N) is 1. The zero-order chi connectivity index (χ0) is 14.9. The van der Waals surface area contributed by atoms with Gasteiger partial charge in [-0.15, -0.1) is 0 Å². The van der Waals surface area contributed by atoms with Crippen LogP contribution < -0.4 is 4.74 Å². The lowest BCUT2D eigenvalue weighted by molar-refractivity contribution is -0.138. The number of fused-ring (bicyclic) bond motifs is 1. The summed E-state index contributed by atoms with van der Waals surface area (Å²) in [6.45, 7) is 1.06. The Morgan fingerprint density at radius 3 is 2.71 bits per heavy atom. The molecule has 6 heteroatoms. The van der Waals surface area contributed by atoms with Crippen molar-refractivity contribution in [2.24, 2.45) is 0 Å². The van der Waals surface area contributed by atoms with Gasteiger partial charge in [-0.05, 0) is 12.1 Å². The van der Waals surface area contributed by atoms with Gasteiger partial charge in [-0.25, -0.2) is 0 Å². The number of aliphatic carboxylic acids is 1. The molecule has 0 saturated carbocycles. The van der Waals surface area contributed by atoms with E-state index in [1.807, 2.05) is 6.07 Å². The molecule has 0 radical (unpaired) electrons. The smallest absolute Gasteiger partial charge is 0.323 e. The number of carboxylic acid groups (broad SMARTS) is 1. The van der Waals surface area contributed by atoms with Crippen LogP contribution in [0.3, 0.4) is 0 Å². The van der Waals surface area contributed by atoms with E-state index in [1.54, 1.807) is 18.2 Å². The van der Waals surface area contributed by atoms with Crippen molar-refractivity contribution in [1.29, 1.82) is 0 Å². The molecule has 2 aliphatic heterocycles. The van der Waals surface area contributed by atoms with Crippen LogP contribution in [0.4, 0.5) is 0 Å². The molecule has 21 heavy (non-hydrogen) atoms. The fraction of sp³-hybridized carbons (Fsp3) is 0.467. The molecule has 0 atom stereocenters. The molecular formula is C15H17NO5. The van der Waals surface area contributed by atoms with Gasteiger partial charge >= 0.3 is 5.97 Å². The van der Waals surface area contributed by atoms with Crippen molar-refractivity contribution in [3.8, 4) is 5.75 Å². The first-order valence-corrected chi connectivity index (χ1v) is 6.97. The van der Waals surface area contributed by atoms with E-state index in [9.17, 15) is 9.59 Å². The summed E-state index contributed by atoms with van der Waals surface area (Å²) in [5, 5.41) is 9.05. The van der Waals surface area contributed by atoms with Crippen LogP contribution in [0.2, 0.25) is 0 Å². The predicted molar refractivity (Wildman–Crippen MR) is 73.4 cm³/mol. The van der Waals surface area contributed by atoms with Crippen LogP contribution in [0.25, 0.3) is 0 Å². The first kappa shape index (κ1) is 13.9. The highest BCUT2D eigenvalue weighted by Gasteiger charge is 2.42. The molecule has 1 fully saturated rings. The minimum absolute atomic E-state index is 0.274. The molecule has 1 aromatic rings. The van der Waals surface area contributed by atoms with Crippen molar-refractivity contribution < 1.29 is 24.2 Å². The third-order valence-electron chi connectivity index (χ3n) is 3.94. The van der Waals surface area contributed by atoms with E-state index in [-0.39, 0.29) is 19.0 Å². The van der Waals surface area contributed by atoms with Crippen LogP contribution in [0.5, 0.6) is 5.75 Å². The van der Waals surface area contributed by atoms with Crippen molar-refractivity contribution >= 4 is 11.9 Å². The number of ether oxygens (including phenoxy) is 2. The highest BCUT2D eigenvalue weighted by Crippen LogP contribution is 2.34. The fourth-order valence-corrected chi connectivity index (χ4v) is 2.88. The van der Waals surface area contributed by atoms with Gasteiger partial charge in [0.05, 0.1) is 25.3 Å². The highest BCUT2D eigenvalue weighted by atomic mass is 16.5. The molecule has 2 heterocycles.